The molecule has 0 fully saturated rings. The summed E-state index contributed by atoms with van der Waals surface area (Å²) in [5.74, 6) is -1.92. The van der Waals surface area contributed by atoms with Crippen LogP contribution in [0.2, 0.25) is 0 Å². The molecule has 2 N–H and O–H groups in total. The summed E-state index contributed by atoms with van der Waals surface area (Å²) >= 11 is 0. The Morgan fingerprint density at radius 3 is 0.906 bits per heavy atom. The first-order chi connectivity index (χ1) is 31.3. The molecular weight excluding hydrogens is 799 g/mol. The molecule has 0 unspecified atom stereocenters. The molecular formula is C56H107NO7. The number of rotatable bonds is 52. The maximum absolute atomic E-state index is 12.7. The normalized spacial score (nSPS) is 11.9. The Morgan fingerprint density at radius 1 is 0.359 bits per heavy atom. The van der Waals surface area contributed by atoms with Gasteiger partial charge in [-0.3, -0.25) is 14.4 Å². The van der Waals surface area contributed by atoms with Crippen molar-refractivity contribution in [3.8, 4) is 0 Å². The SMILES string of the molecule is CCCCCCCCCCCCCCCC(=O)N[C@@H](CCCC(COC(=O)CCCCCCCCCCCCCCC)COC(=O)CCCCCCCCCCCCCCC)C(=O)O. The molecule has 0 aliphatic rings. The lowest BCUT2D eigenvalue weighted by Gasteiger charge is -2.19. The number of ether oxygens (including phenoxy) is 2. The Bertz CT molecular complexity index is 989. The van der Waals surface area contributed by atoms with E-state index in [2.05, 4.69) is 26.1 Å². The van der Waals surface area contributed by atoms with Gasteiger partial charge in [-0.05, 0) is 32.1 Å². The summed E-state index contributed by atoms with van der Waals surface area (Å²) in [5.41, 5.74) is 0. The van der Waals surface area contributed by atoms with E-state index in [1.807, 2.05) is 0 Å². The molecule has 8 heteroatoms. The highest BCUT2D eigenvalue weighted by molar-refractivity contribution is 5.83. The quantitative estimate of drug-likeness (QED) is 0.0461. The zero-order valence-corrected chi connectivity index (χ0v) is 42.8. The van der Waals surface area contributed by atoms with Crippen LogP contribution in [0.5, 0.6) is 0 Å². The van der Waals surface area contributed by atoms with Gasteiger partial charge in [0.2, 0.25) is 5.91 Å². The Kier molecular flexibility index (Phi) is 48.6. The molecule has 64 heavy (non-hydrogen) atoms. The van der Waals surface area contributed by atoms with Crippen LogP contribution in [0.15, 0.2) is 0 Å². The van der Waals surface area contributed by atoms with Gasteiger partial charge in [-0.25, -0.2) is 4.79 Å². The van der Waals surface area contributed by atoms with Crippen LogP contribution in [0.3, 0.4) is 0 Å². The van der Waals surface area contributed by atoms with Crippen molar-refractivity contribution in [1.29, 1.82) is 0 Å². The van der Waals surface area contributed by atoms with Crippen LogP contribution in [0.1, 0.15) is 310 Å². The van der Waals surface area contributed by atoms with Crippen molar-refractivity contribution in [3.05, 3.63) is 0 Å². The second-order valence-corrected chi connectivity index (χ2v) is 19.6. The predicted octanol–water partition coefficient (Wildman–Crippen LogP) is 16.9. The number of hydrogen-bond donors (Lipinski definition) is 2. The molecule has 0 aromatic rings. The van der Waals surface area contributed by atoms with Crippen molar-refractivity contribution in [3.63, 3.8) is 0 Å². The van der Waals surface area contributed by atoms with Crippen molar-refractivity contribution in [2.75, 3.05) is 13.2 Å². The van der Waals surface area contributed by atoms with E-state index < -0.39 is 12.0 Å². The van der Waals surface area contributed by atoms with Crippen molar-refractivity contribution in [1.82, 2.24) is 5.32 Å². The largest absolute Gasteiger partial charge is 0.480 e. The van der Waals surface area contributed by atoms with Gasteiger partial charge in [-0.15, -0.1) is 0 Å². The number of carboxylic acids is 1. The molecule has 0 bridgehead atoms. The van der Waals surface area contributed by atoms with E-state index in [-0.39, 0.29) is 43.4 Å². The number of unbranched alkanes of at least 4 members (excludes halogenated alkanes) is 36. The molecule has 0 rings (SSSR count). The first-order valence-electron chi connectivity index (χ1n) is 28.2. The smallest absolute Gasteiger partial charge is 0.326 e. The number of nitrogens with one attached hydrogen (secondary N) is 1. The van der Waals surface area contributed by atoms with E-state index in [0.717, 1.165) is 57.8 Å². The summed E-state index contributed by atoms with van der Waals surface area (Å²) in [6.07, 6.45) is 50.9. The summed E-state index contributed by atoms with van der Waals surface area (Å²) in [4.78, 5) is 50.2. The van der Waals surface area contributed by atoms with E-state index in [9.17, 15) is 24.3 Å². The van der Waals surface area contributed by atoms with Gasteiger partial charge in [0.25, 0.3) is 0 Å². The number of carbonyl (C=O) groups is 4. The standard InChI is InChI=1S/C56H107NO7/c1-4-7-10-13-16-19-22-25-28-31-34-37-40-46-53(58)57-52(56(61)62)45-43-44-51(49-63-54(59)47-41-38-35-32-29-26-23-20-17-14-11-8-5-2)50-64-55(60)48-42-39-36-33-30-27-24-21-18-15-12-9-6-3/h51-52H,4-50H2,1-3H3,(H,57,58)(H,61,62)/t52-/m0/s1. The van der Waals surface area contributed by atoms with Crippen molar-refractivity contribution >= 4 is 23.8 Å². The molecule has 378 valence electrons. The lowest BCUT2D eigenvalue weighted by atomic mass is 10.0. The Labute approximate surface area is 396 Å². The first-order valence-corrected chi connectivity index (χ1v) is 28.2. The van der Waals surface area contributed by atoms with E-state index in [1.165, 1.54) is 193 Å². The molecule has 0 heterocycles. The second kappa shape index (κ2) is 50.3. The van der Waals surface area contributed by atoms with Gasteiger partial charge in [0.1, 0.15) is 6.04 Å². The fourth-order valence-electron chi connectivity index (χ4n) is 8.79. The van der Waals surface area contributed by atoms with Gasteiger partial charge < -0.3 is 19.9 Å². The highest BCUT2D eigenvalue weighted by Gasteiger charge is 2.22. The summed E-state index contributed by atoms with van der Waals surface area (Å²) in [5, 5.41) is 12.6. The third-order valence-electron chi connectivity index (χ3n) is 13.2. The maximum atomic E-state index is 12.7. The van der Waals surface area contributed by atoms with E-state index in [4.69, 9.17) is 9.47 Å². The van der Waals surface area contributed by atoms with Crippen LogP contribution < -0.4 is 5.32 Å². The van der Waals surface area contributed by atoms with Gasteiger partial charge in [-0.2, -0.15) is 0 Å². The van der Waals surface area contributed by atoms with Gasteiger partial charge in [-0.1, -0.05) is 258 Å². The fraction of sp³-hybridized carbons (Fsp3) is 0.929. The summed E-state index contributed by atoms with van der Waals surface area (Å²) < 4.78 is 11.4. The second-order valence-electron chi connectivity index (χ2n) is 19.6. The molecule has 0 aliphatic heterocycles. The maximum Gasteiger partial charge on any atom is 0.326 e. The summed E-state index contributed by atoms with van der Waals surface area (Å²) in [6.45, 7) is 7.07. The molecule has 0 aliphatic carbocycles. The molecule has 0 spiro atoms. The number of amides is 1. The van der Waals surface area contributed by atoms with Crippen LogP contribution in [0.25, 0.3) is 0 Å². The van der Waals surface area contributed by atoms with Gasteiger partial charge >= 0.3 is 17.9 Å². The Morgan fingerprint density at radius 2 is 0.625 bits per heavy atom. The van der Waals surface area contributed by atoms with E-state index in [1.54, 1.807) is 0 Å². The number of carboxylic acid groups (broad SMARTS) is 1. The van der Waals surface area contributed by atoms with Gasteiger partial charge in [0.15, 0.2) is 0 Å². The number of hydrogen-bond acceptors (Lipinski definition) is 6. The topological polar surface area (TPSA) is 119 Å². The molecule has 0 radical (unpaired) electrons. The van der Waals surface area contributed by atoms with Gasteiger partial charge in [0, 0.05) is 25.2 Å². The van der Waals surface area contributed by atoms with Crippen LogP contribution >= 0.6 is 0 Å². The minimum absolute atomic E-state index is 0.145. The monoisotopic (exact) mass is 906 g/mol. The predicted molar refractivity (Wildman–Crippen MR) is 270 cm³/mol. The zero-order chi connectivity index (χ0) is 46.8. The van der Waals surface area contributed by atoms with Crippen LogP contribution in [0, 0.1) is 5.92 Å². The third-order valence-corrected chi connectivity index (χ3v) is 13.2. The average molecular weight is 906 g/mol. The van der Waals surface area contributed by atoms with E-state index in [0.29, 0.717) is 32.1 Å². The first kappa shape index (κ1) is 61.9. The lowest BCUT2D eigenvalue weighted by molar-refractivity contribution is -0.149. The minimum Gasteiger partial charge on any atom is -0.480 e. The Balaban J connectivity index is 4.58. The lowest BCUT2D eigenvalue weighted by Crippen LogP contribution is -2.40. The zero-order valence-electron chi connectivity index (χ0n) is 42.8. The summed E-state index contributed by atoms with van der Waals surface area (Å²) in [6, 6.07) is -0.966. The highest BCUT2D eigenvalue weighted by Crippen LogP contribution is 2.18. The van der Waals surface area contributed by atoms with E-state index >= 15 is 0 Å². The minimum atomic E-state index is -1.04. The molecule has 0 aromatic carbocycles. The van der Waals surface area contributed by atoms with Crippen molar-refractivity contribution in [2.45, 2.75) is 316 Å². The molecule has 0 aromatic heterocycles. The molecule has 1 amide bonds. The fourth-order valence-corrected chi connectivity index (χ4v) is 8.79. The number of esters is 2. The van der Waals surface area contributed by atoms with Crippen molar-refractivity contribution < 1.29 is 33.8 Å². The van der Waals surface area contributed by atoms with Crippen molar-refractivity contribution in [2.24, 2.45) is 5.92 Å². The molecule has 0 saturated carbocycles. The molecule has 8 nitrogen and oxygen atoms in total. The Hall–Kier alpha value is -2.12. The summed E-state index contributed by atoms with van der Waals surface area (Å²) in [7, 11) is 0. The van der Waals surface area contributed by atoms with Crippen LogP contribution in [0.4, 0.5) is 0 Å². The highest BCUT2D eigenvalue weighted by atomic mass is 16.5. The third kappa shape index (κ3) is 46.4. The van der Waals surface area contributed by atoms with Crippen LogP contribution in [-0.2, 0) is 28.7 Å². The van der Waals surface area contributed by atoms with Gasteiger partial charge in [0.05, 0.1) is 13.2 Å². The molecule has 0 saturated heterocycles. The average Bonchev–Trinajstić information content (AvgIpc) is 3.28. The number of carbonyl (C=O) groups excluding carboxylic acids is 3. The molecule has 1 atom stereocenters. The van der Waals surface area contributed by atoms with Crippen LogP contribution in [-0.4, -0.2) is 48.2 Å². The number of aliphatic carboxylic acids is 1.